The van der Waals surface area contributed by atoms with Crippen molar-refractivity contribution in [3.8, 4) is 11.8 Å². The lowest BCUT2D eigenvalue weighted by molar-refractivity contribution is 0.102. The molecule has 2 aromatic rings. The van der Waals surface area contributed by atoms with Crippen molar-refractivity contribution in [1.29, 1.82) is 0 Å². The average molecular weight is 283 g/mol. The topological polar surface area (TPSA) is 81.1 Å². The van der Waals surface area contributed by atoms with Crippen molar-refractivity contribution in [3.05, 3.63) is 46.3 Å². The number of nitrogens with zero attached hydrogens (tertiary/aromatic N) is 1. The molecular formula is C16H17N3O2. The fraction of sp³-hybridized carbons (Fsp3) is 0.250. The Balaban J connectivity index is 2.35. The van der Waals surface area contributed by atoms with Gasteiger partial charge in [-0.25, -0.2) is 0 Å². The van der Waals surface area contributed by atoms with Gasteiger partial charge < -0.3 is 15.6 Å². The molecule has 0 fully saturated rings. The molecule has 21 heavy (non-hydrogen) atoms. The number of rotatable bonds is 2. The Kier molecular flexibility index (Phi) is 4.41. The number of nitrogens with two attached hydrogens (primary N) is 1. The molecule has 0 saturated heterocycles. The fourth-order valence-corrected chi connectivity index (χ4v) is 2.01. The molecular weight excluding hydrogens is 266 g/mol. The Morgan fingerprint density at radius 1 is 1.38 bits per heavy atom. The molecule has 0 bridgehead atoms. The summed E-state index contributed by atoms with van der Waals surface area (Å²) in [5, 5.41) is 6.65. The Labute approximate surface area is 123 Å². The third kappa shape index (κ3) is 3.30. The molecule has 2 rings (SSSR count). The second-order valence-electron chi connectivity index (χ2n) is 4.71. The summed E-state index contributed by atoms with van der Waals surface area (Å²) in [6.45, 7) is 5.66. The van der Waals surface area contributed by atoms with E-state index in [2.05, 4.69) is 22.3 Å². The third-order valence-electron chi connectivity index (χ3n) is 3.01. The van der Waals surface area contributed by atoms with E-state index in [1.165, 1.54) is 0 Å². The van der Waals surface area contributed by atoms with Gasteiger partial charge in [-0.2, -0.15) is 0 Å². The number of carbonyl (C=O) groups excluding carboxylic acids is 1. The molecule has 0 aliphatic heterocycles. The second kappa shape index (κ2) is 6.25. The fourth-order valence-electron chi connectivity index (χ4n) is 2.01. The first-order chi connectivity index (χ1) is 10.0. The SMILES string of the molecule is Cc1ccc(C#CCN)c(NC(=O)c2c(C)noc2C)c1. The van der Waals surface area contributed by atoms with Gasteiger partial charge in [0, 0.05) is 5.56 Å². The quantitative estimate of drug-likeness (QED) is 0.828. The van der Waals surface area contributed by atoms with Crippen LogP contribution in [0.1, 0.15) is 32.9 Å². The molecule has 1 amide bonds. The molecule has 5 heteroatoms. The Bertz CT molecular complexity index is 716. The molecule has 0 unspecified atom stereocenters. The highest BCUT2D eigenvalue weighted by atomic mass is 16.5. The summed E-state index contributed by atoms with van der Waals surface area (Å²) < 4.78 is 5.02. The molecule has 0 aliphatic carbocycles. The Hall–Kier alpha value is -2.58. The minimum atomic E-state index is -0.257. The second-order valence-corrected chi connectivity index (χ2v) is 4.71. The van der Waals surface area contributed by atoms with E-state index in [-0.39, 0.29) is 12.5 Å². The van der Waals surface area contributed by atoms with Gasteiger partial charge in [0.1, 0.15) is 11.3 Å². The van der Waals surface area contributed by atoms with E-state index >= 15 is 0 Å². The third-order valence-corrected chi connectivity index (χ3v) is 3.01. The van der Waals surface area contributed by atoms with E-state index in [1.54, 1.807) is 13.8 Å². The van der Waals surface area contributed by atoms with E-state index in [0.717, 1.165) is 11.1 Å². The summed E-state index contributed by atoms with van der Waals surface area (Å²) in [6, 6.07) is 5.67. The van der Waals surface area contributed by atoms with Crippen molar-refractivity contribution in [2.75, 3.05) is 11.9 Å². The van der Waals surface area contributed by atoms with Gasteiger partial charge in [-0.15, -0.1) is 0 Å². The van der Waals surface area contributed by atoms with Crippen LogP contribution in [0.2, 0.25) is 0 Å². The molecule has 0 spiro atoms. The molecule has 1 aromatic heterocycles. The van der Waals surface area contributed by atoms with E-state index in [1.807, 2.05) is 25.1 Å². The molecule has 0 saturated carbocycles. The van der Waals surface area contributed by atoms with Gasteiger partial charge in [-0.3, -0.25) is 4.79 Å². The summed E-state index contributed by atoms with van der Waals surface area (Å²) in [6.07, 6.45) is 0. The van der Waals surface area contributed by atoms with Crippen LogP contribution in [0.5, 0.6) is 0 Å². The molecule has 0 atom stereocenters. The van der Waals surface area contributed by atoms with E-state index < -0.39 is 0 Å². The number of hydrogen-bond donors (Lipinski definition) is 2. The number of benzene rings is 1. The molecule has 5 nitrogen and oxygen atoms in total. The van der Waals surface area contributed by atoms with Crippen molar-refractivity contribution >= 4 is 11.6 Å². The van der Waals surface area contributed by atoms with Crippen molar-refractivity contribution in [2.24, 2.45) is 5.73 Å². The average Bonchev–Trinajstić information content (AvgIpc) is 2.77. The summed E-state index contributed by atoms with van der Waals surface area (Å²) >= 11 is 0. The predicted octanol–water partition coefficient (Wildman–Crippen LogP) is 2.16. The van der Waals surface area contributed by atoms with E-state index in [4.69, 9.17) is 10.3 Å². The summed E-state index contributed by atoms with van der Waals surface area (Å²) in [4.78, 5) is 12.4. The van der Waals surface area contributed by atoms with Crippen molar-refractivity contribution in [2.45, 2.75) is 20.8 Å². The minimum absolute atomic E-state index is 0.257. The lowest BCUT2D eigenvalue weighted by Gasteiger charge is -2.08. The van der Waals surface area contributed by atoms with Gasteiger partial charge in [0.15, 0.2) is 0 Å². The lowest BCUT2D eigenvalue weighted by atomic mass is 10.1. The highest BCUT2D eigenvalue weighted by molar-refractivity contribution is 6.06. The van der Waals surface area contributed by atoms with Gasteiger partial charge in [0.2, 0.25) is 0 Å². The van der Waals surface area contributed by atoms with Gasteiger partial charge in [-0.05, 0) is 38.5 Å². The molecule has 1 heterocycles. The van der Waals surface area contributed by atoms with Gasteiger partial charge in [0.25, 0.3) is 5.91 Å². The number of nitrogens with one attached hydrogen (secondary N) is 1. The van der Waals surface area contributed by atoms with Crippen LogP contribution in [0.4, 0.5) is 5.69 Å². The van der Waals surface area contributed by atoms with Crippen LogP contribution in [0.25, 0.3) is 0 Å². The number of aryl methyl sites for hydroxylation is 3. The van der Waals surface area contributed by atoms with Crippen LogP contribution in [-0.2, 0) is 0 Å². The van der Waals surface area contributed by atoms with Crippen LogP contribution >= 0.6 is 0 Å². The maximum Gasteiger partial charge on any atom is 0.261 e. The standard InChI is InChI=1S/C16H17N3O2/c1-10-6-7-13(5-4-8-17)14(9-10)18-16(20)15-11(2)19-21-12(15)3/h6-7,9H,8,17H2,1-3H3,(H,18,20). The zero-order chi connectivity index (χ0) is 15.4. The number of hydrogen-bond acceptors (Lipinski definition) is 4. The van der Waals surface area contributed by atoms with E-state index in [0.29, 0.717) is 22.7 Å². The van der Waals surface area contributed by atoms with Crippen LogP contribution in [0, 0.1) is 32.6 Å². The molecule has 3 N–H and O–H groups in total. The van der Waals surface area contributed by atoms with Crippen LogP contribution in [0.3, 0.4) is 0 Å². The normalized spacial score (nSPS) is 9.90. The van der Waals surface area contributed by atoms with Crippen molar-refractivity contribution in [1.82, 2.24) is 5.16 Å². The highest BCUT2D eigenvalue weighted by Crippen LogP contribution is 2.20. The lowest BCUT2D eigenvalue weighted by Crippen LogP contribution is -2.14. The first kappa shape index (κ1) is 14.8. The summed E-state index contributed by atoms with van der Waals surface area (Å²) in [7, 11) is 0. The first-order valence-corrected chi connectivity index (χ1v) is 6.56. The number of aromatic nitrogens is 1. The van der Waals surface area contributed by atoms with Crippen molar-refractivity contribution < 1.29 is 9.32 Å². The predicted molar refractivity (Wildman–Crippen MR) is 81.0 cm³/mol. The highest BCUT2D eigenvalue weighted by Gasteiger charge is 2.18. The van der Waals surface area contributed by atoms with E-state index in [9.17, 15) is 4.79 Å². The zero-order valence-electron chi connectivity index (χ0n) is 12.3. The molecule has 1 aromatic carbocycles. The maximum absolute atomic E-state index is 12.4. The first-order valence-electron chi connectivity index (χ1n) is 6.56. The van der Waals surface area contributed by atoms with Crippen LogP contribution in [-0.4, -0.2) is 17.6 Å². The van der Waals surface area contributed by atoms with Crippen molar-refractivity contribution in [3.63, 3.8) is 0 Å². The number of amides is 1. The van der Waals surface area contributed by atoms with Gasteiger partial charge >= 0.3 is 0 Å². The zero-order valence-corrected chi connectivity index (χ0v) is 12.3. The number of anilines is 1. The smallest absolute Gasteiger partial charge is 0.261 e. The monoisotopic (exact) mass is 283 g/mol. The van der Waals surface area contributed by atoms with Gasteiger partial charge in [0.05, 0.1) is 17.9 Å². The Morgan fingerprint density at radius 2 is 2.14 bits per heavy atom. The molecule has 0 radical (unpaired) electrons. The maximum atomic E-state index is 12.4. The molecule has 0 aliphatic rings. The van der Waals surface area contributed by atoms with Crippen LogP contribution in [0.15, 0.2) is 22.7 Å². The minimum Gasteiger partial charge on any atom is -0.361 e. The Morgan fingerprint density at radius 3 is 2.76 bits per heavy atom. The van der Waals surface area contributed by atoms with Crippen LogP contribution < -0.4 is 11.1 Å². The number of carbonyl (C=O) groups is 1. The van der Waals surface area contributed by atoms with Gasteiger partial charge in [-0.1, -0.05) is 23.1 Å². The summed E-state index contributed by atoms with van der Waals surface area (Å²) in [5.41, 5.74) is 8.82. The summed E-state index contributed by atoms with van der Waals surface area (Å²) in [5.74, 6) is 5.98. The molecule has 108 valence electrons. The largest absolute Gasteiger partial charge is 0.361 e.